The number of nitrogens with zero attached hydrogens (tertiary/aromatic N) is 3. The number of pyridine rings is 1. The molecule has 7 heteroatoms. The summed E-state index contributed by atoms with van der Waals surface area (Å²) in [4.78, 5) is 20.9. The number of fused-ring (bicyclic) bond motifs is 2. The van der Waals surface area contributed by atoms with Gasteiger partial charge in [-0.15, -0.1) is 0 Å². The van der Waals surface area contributed by atoms with Crippen molar-refractivity contribution in [3.63, 3.8) is 0 Å². The zero-order chi connectivity index (χ0) is 15.0. The molecule has 7 nitrogen and oxygen atoms in total. The molecule has 1 spiro atoms. The Labute approximate surface area is 127 Å². The fourth-order valence-electron chi connectivity index (χ4n) is 3.35. The number of anilines is 2. The van der Waals surface area contributed by atoms with Crippen molar-refractivity contribution in [2.45, 2.75) is 25.0 Å². The van der Waals surface area contributed by atoms with Gasteiger partial charge in [-0.1, -0.05) is 0 Å². The molecule has 0 amide bonds. The summed E-state index contributed by atoms with van der Waals surface area (Å²) >= 11 is 0. The van der Waals surface area contributed by atoms with Gasteiger partial charge < -0.3 is 10.6 Å². The third-order valence-electron chi connectivity index (χ3n) is 4.40. The molecular weight excluding hydrogens is 280 g/mol. The maximum Gasteiger partial charge on any atom is 0.276 e. The smallest absolute Gasteiger partial charge is 0.276 e. The monoisotopic (exact) mass is 298 g/mol. The Balaban J connectivity index is 1.75. The molecule has 0 saturated carbocycles. The predicted octanol–water partition coefficient (Wildman–Crippen LogP) is 0.521. The molecule has 22 heavy (non-hydrogen) atoms. The SMILES string of the molecule is O=c1c(Nc2ccncn2)ccc2n1C1(CCCNC1)NC2. The molecule has 2 aromatic heterocycles. The second kappa shape index (κ2) is 5.19. The van der Waals surface area contributed by atoms with E-state index in [1.807, 2.05) is 16.7 Å². The van der Waals surface area contributed by atoms with E-state index >= 15 is 0 Å². The summed E-state index contributed by atoms with van der Waals surface area (Å²) in [5.74, 6) is 0.620. The van der Waals surface area contributed by atoms with Crippen LogP contribution in [0.1, 0.15) is 18.5 Å². The topological polar surface area (TPSA) is 83.9 Å². The van der Waals surface area contributed by atoms with Crippen LogP contribution in [0.5, 0.6) is 0 Å². The van der Waals surface area contributed by atoms with Crippen LogP contribution in [0, 0.1) is 0 Å². The van der Waals surface area contributed by atoms with Crippen molar-refractivity contribution in [2.75, 3.05) is 18.4 Å². The highest BCUT2D eigenvalue weighted by Gasteiger charge is 2.40. The van der Waals surface area contributed by atoms with Gasteiger partial charge in [-0.2, -0.15) is 0 Å². The summed E-state index contributed by atoms with van der Waals surface area (Å²) in [7, 11) is 0. The lowest BCUT2D eigenvalue weighted by molar-refractivity contribution is 0.183. The molecule has 4 rings (SSSR count). The zero-order valence-electron chi connectivity index (χ0n) is 12.2. The van der Waals surface area contributed by atoms with Crippen LogP contribution in [0.15, 0.2) is 35.5 Å². The molecule has 1 unspecified atom stereocenters. The van der Waals surface area contributed by atoms with Crippen LogP contribution >= 0.6 is 0 Å². The molecule has 0 aliphatic carbocycles. The van der Waals surface area contributed by atoms with Crippen molar-refractivity contribution in [3.05, 3.63) is 46.8 Å². The van der Waals surface area contributed by atoms with Gasteiger partial charge in [0, 0.05) is 25.0 Å². The standard InChI is InChI=1S/C15H18N6O/c22-14-12(20-13-4-7-17-10-18-13)3-2-11-8-19-15(21(11)14)5-1-6-16-9-15/h2-4,7,10,16,19H,1,5-6,8-9H2,(H,17,18,20). The average molecular weight is 298 g/mol. The highest BCUT2D eigenvalue weighted by atomic mass is 16.1. The van der Waals surface area contributed by atoms with Crippen LogP contribution < -0.4 is 21.5 Å². The molecule has 4 heterocycles. The molecular formula is C15H18N6O. The van der Waals surface area contributed by atoms with Crippen LogP contribution in [-0.4, -0.2) is 27.6 Å². The number of piperidine rings is 1. The van der Waals surface area contributed by atoms with E-state index in [-0.39, 0.29) is 11.2 Å². The molecule has 114 valence electrons. The predicted molar refractivity (Wildman–Crippen MR) is 82.9 cm³/mol. The molecule has 2 aliphatic heterocycles. The van der Waals surface area contributed by atoms with Crippen molar-refractivity contribution >= 4 is 11.5 Å². The van der Waals surface area contributed by atoms with Gasteiger partial charge in [-0.3, -0.25) is 14.7 Å². The van der Waals surface area contributed by atoms with Gasteiger partial charge in [0.1, 0.15) is 23.5 Å². The lowest BCUT2D eigenvalue weighted by Crippen LogP contribution is -2.56. The molecule has 1 atom stereocenters. The summed E-state index contributed by atoms with van der Waals surface area (Å²) in [5.41, 5.74) is 1.26. The highest BCUT2D eigenvalue weighted by molar-refractivity contribution is 5.54. The summed E-state index contributed by atoms with van der Waals surface area (Å²) in [5, 5.41) is 10.00. The number of aromatic nitrogens is 3. The van der Waals surface area contributed by atoms with Crippen molar-refractivity contribution in [1.29, 1.82) is 0 Å². The minimum Gasteiger partial charge on any atom is -0.336 e. The van der Waals surface area contributed by atoms with E-state index in [9.17, 15) is 4.79 Å². The second-order valence-electron chi connectivity index (χ2n) is 5.76. The maximum absolute atomic E-state index is 12.9. The lowest BCUT2D eigenvalue weighted by Gasteiger charge is -2.36. The highest BCUT2D eigenvalue weighted by Crippen LogP contribution is 2.28. The van der Waals surface area contributed by atoms with Crippen molar-refractivity contribution in [1.82, 2.24) is 25.2 Å². The van der Waals surface area contributed by atoms with E-state index < -0.39 is 0 Å². The second-order valence-corrected chi connectivity index (χ2v) is 5.76. The first-order valence-corrected chi connectivity index (χ1v) is 7.53. The van der Waals surface area contributed by atoms with Crippen molar-refractivity contribution in [3.8, 4) is 0 Å². The van der Waals surface area contributed by atoms with Crippen LogP contribution in [0.4, 0.5) is 11.5 Å². The van der Waals surface area contributed by atoms with E-state index in [0.717, 1.165) is 38.2 Å². The number of hydrogen-bond acceptors (Lipinski definition) is 6. The van der Waals surface area contributed by atoms with Crippen LogP contribution in [0.25, 0.3) is 0 Å². The zero-order valence-corrected chi connectivity index (χ0v) is 12.2. The molecule has 3 N–H and O–H groups in total. The molecule has 0 radical (unpaired) electrons. The Hall–Kier alpha value is -2.25. The minimum absolute atomic E-state index is 0.00943. The molecule has 2 aliphatic rings. The summed E-state index contributed by atoms with van der Waals surface area (Å²) < 4.78 is 1.91. The molecule has 0 bridgehead atoms. The third kappa shape index (κ3) is 2.10. The third-order valence-corrected chi connectivity index (χ3v) is 4.40. The number of hydrogen-bond donors (Lipinski definition) is 3. The Morgan fingerprint density at radius 1 is 1.32 bits per heavy atom. The molecule has 0 aromatic carbocycles. The van der Waals surface area contributed by atoms with E-state index in [4.69, 9.17) is 0 Å². The maximum atomic E-state index is 12.9. The van der Waals surface area contributed by atoms with Gasteiger partial charge in [0.15, 0.2) is 0 Å². The molecule has 1 saturated heterocycles. The van der Waals surface area contributed by atoms with E-state index in [1.165, 1.54) is 6.33 Å². The van der Waals surface area contributed by atoms with Crippen LogP contribution in [0.2, 0.25) is 0 Å². The van der Waals surface area contributed by atoms with Gasteiger partial charge in [-0.05, 0) is 37.6 Å². The van der Waals surface area contributed by atoms with Gasteiger partial charge in [0.25, 0.3) is 5.56 Å². The lowest BCUT2D eigenvalue weighted by atomic mass is 10.00. The Kier molecular flexibility index (Phi) is 3.16. The Morgan fingerprint density at radius 3 is 3.05 bits per heavy atom. The molecule has 1 fully saturated rings. The van der Waals surface area contributed by atoms with E-state index in [1.54, 1.807) is 12.3 Å². The fourth-order valence-corrected chi connectivity index (χ4v) is 3.35. The van der Waals surface area contributed by atoms with Crippen molar-refractivity contribution < 1.29 is 0 Å². The van der Waals surface area contributed by atoms with Gasteiger partial charge >= 0.3 is 0 Å². The number of rotatable bonds is 2. The number of nitrogens with one attached hydrogen (secondary N) is 3. The summed E-state index contributed by atoms with van der Waals surface area (Å²) in [6, 6.07) is 5.57. The Bertz CT molecular complexity index is 730. The quantitative estimate of drug-likeness (QED) is 0.750. The van der Waals surface area contributed by atoms with Crippen LogP contribution in [0.3, 0.4) is 0 Å². The normalized spacial score (nSPS) is 23.5. The van der Waals surface area contributed by atoms with Gasteiger partial charge in [-0.25, -0.2) is 9.97 Å². The summed E-state index contributed by atoms with van der Waals surface area (Å²) in [6.45, 7) is 2.51. The van der Waals surface area contributed by atoms with E-state index in [2.05, 4.69) is 25.9 Å². The Morgan fingerprint density at radius 2 is 2.27 bits per heavy atom. The van der Waals surface area contributed by atoms with Gasteiger partial charge in [0.2, 0.25) is 0 Å². The van der Waals surface area contributed by atoms with Crippen molar-refractivity contribution in [2.24, 2.45) is 0 Å². The first-order valence-electron chi connectivity index (χ1n) is 7.53. The largest absolute Gasteiger partial charge is 0.336 e. The minimum atomic E-state index is -0.298. The molecule has 2 aromatic rings. The fraction of sp³-hybridized carbons (Fsp3) is 0.400. The van der Waals surface area contributed by atoms with E-state index in [0.29, 0.717) is 11.5 Å². The first kappa shape index (κ1) is 13.4. The van der Waals surface area contributed by atoms with Gasteiger partial charge in [0.05, 0.1) is 0 Å². The summed E-state index contributed by atoms with van der Waals surface area (Å²) in [6.07, 6.45) is 5.13. The first-order chi connectivity index (χ1) is 10.8. The average Bonchev–Trinajstić information content (AvgIpc) is 2.91. The van der Waals surface area contributed by atoms with Crippen LogP contribution in [-0.2, 0) is 12.2 Å².